The zero-order valence-corrected chi connectivity index (χ0v) is 17.2. The van der Waals surface area contributed by atoms with Crippen molar-refractivity contribution in [1.82, 2.24) is 14.8 Å². The van der Waals surface area contributed by atoms with Crippen molar-refractivity contribution in [3.63, 3.8) is 0 Å². The third kappa shape index (κ3) is 3.56. The zero-order chi connectivity index (χ0) is 20.5. The molecule has 0 amide bonds. The number of pyridine rings is 1. The summed E-state index contributed by atoms with van der Waals surface area (Å²) in [5.74, 6) is -0.522. The Morgan fingerprint density at radius 3 is 2.97 bits per heavy atom. The van der Waals surface area contributed by atoms with Crippen LogP contribution in [0.15, 0.2) is 24.4 Å². The molecule has 3 heterocycles. The SMILES string of the molecule is CCOC(=O)c1cc(Cl)nc(-c2c(C)ccc3c2cnn3C2CCCCO2)c1N. The second-order valence-corrected chi connectivity index (χ2v) is 7.46. The van der Waals surface area contributed by atoms with E-state index in [9.17, 15) is 4.79 Å². The summed E-state index contributed by atoms with van der Waals surface area (Å²) in [7, 11) is 0. The third-order valence-corrected chi connectivity index (χ3v) is 5.37. The summed E-state index contributed by atoms with van der Waals surface area (Å²) in [4.78, 5) is 16.8. The summed E-state index contributed by atoms with van der Waals surface area (Å²) in [5.41, 5.74) is 9.94. The van der Waals surface area contributed by atoms with Crippen LogP contribution in [0.2, 0.25) is 5.15 Å². The van der Waals surface area contributed by atoms with Gasteiger partial charge in [0.05, 0.1) is 35.3 Å². The maximum absolute atomic E-state index is 12.3. The molecule has 1 aromatic carbocycles. The van der Waals surface area contributed by atoms with Gasteiger partial charge in [0.1, 0.15) is 5.15 Å². The lowest BCUT2D eigenvalue weighted by atomic mass is 9.98. The van der Waals surface area contributed by atoms with Gasteiger partial charge in [0.2, 0.25) is 0 Å². The third-order valence-electron chi connectivity index (χ3n) is 5.18. The van der Waals surface area contributed by atoms with Gasteiger partial charge in [-0.05, 0) is 50.8 Å². The van der Waals surface area contributed by atoms with Crippen LogP contribution < -0.4 is 5.73 Å². The number of carbonyl (C=O) groups excluding carboxylic acids is 1. The summed E-state index contributed by atoms with van der Waals surface area (Å²) in [6.45, 7) is 4.69. The number of aryl methyl sites for hydroxylation is 1. The van der Waals surface area contributed by atoms with Crippen LogP contribution >= 0.6 is 11.6 Å². The summed E-state index contributed by atoms with van der Waals surface area (Å²) >= 11 is 6.23. The number of ether oxygens (including phenoxy) is 2. The first-order valence-corrected chi connectivity index (χ1v) is 10.1. The molecule has 0 aliphatic carbocycles. The number of nitrogen functional groups attached to an aromatic ring is 1. The smallest absolute Gasteiger partial charge is 0.340 e. The number of hydrogen-bond donors (Lipinski definition) is 1. The molecule has 1 unspecified atom stereocenters. The topological polar surface area (TPSA) is 92.3 Å². The Labute approximate surface area is 173 Å². The van der Waals surface area contributed by atoms with Crippen LogP contribution in [0.25, 0.3) is 22.2 Å². The number of hydrogen-bond acceptors (Lipinski definition) is 6. The minimum atomic E-state index is -0.522. The lowest BCUT2D eigenvalue weighted by Gasteiger charge is -2.23. The lowest BCUT2D eigenvalue weighted by molar-refractivity contribution is -0.0366. The molecule has 0 spiro atoms. The summed E-state index contributed by atoms with van der Waals surface area (Å²) in [6, 6.07) is 5.45. The van der Waals surface area contributed by atoms with Gasteiger partial charge in [0.15, 0.2) is 6.23 Å². The van der Waals surface area contributed by atoms with Gasteiger partial charge in [0.25, 0.3) is 0 Å². The molecule has 1 aliphatic rings. The van der Waals surface area contributed by atoms with E-state index in [1.807, 2.05) is 23.7 Å². The number of anilines is 1. The molecule has 4 rings (SSSR count). The molecule has 1 aliphatic heterocycles. The van der Waals surface area contributed by atoms with Gasteiger partial charge in [0, 0.05) is 17.6 Å². The van der Waals surface area contributed by atoms with Crippen LogP contribution in [-0.2, 0) is 9.47 Å². The van der Waals surface area contributed by atoms with Crippen molar-refractivity contribution >= 4 is 34.2 Å². The molecule has 8 heteroatoms. The standard InChI is InChI=1S/C21H23ClN4O3/c1-3-28-21(27)13-10-16(22)25-20(19(13)23)18-12(2)7-8-15-14(18)11-24-26(15)17-6-4-5-9-29-17/h7-8,10-11,17H,3-6,9,23H2,1-2H3. The summed E-state index contributed by atoms with van der Waals surface area (Å²) < 4.78 is 12.9. The molecule has 1 atom stereocenters. The maximum atomic E-state index is 12.3. The fourth-order valence-electron chi connectivity index (χ4n) is 3.78. The van der Waals surface area contributed by atoms with Crippen LogP contribution in [0, 0.1) is 6.92 Å². The van der Waals surface area contributed by atoms with Gasteiger partial charge in [-0.2, -0.15) is 5.10 Å². The van der Waals surface area contributed by atoms with Crippen LogP contribution in [0.1, 0.15) is 48.3 Å². The Hall–Kier alpha value is -2.64. The van der Waals surface area contributed by atoms with Crippen molar-refractivity contribution in [1.29, 1.82) is 0 Å². The first-order chi connectivity index (χ1) is 14.0. The maximum Gasteiger partial charge on any atom is 0.340 e. The molecule has 0 saturated carbocycles. The van der Waals surface area contributed by atoms with E-state index >= 15 is 0 Å². The molecule has 2 N–H and O–H groups in total. The number of halogens is 1. The molecule has 1 fully saturated rings. The number of aromatic nitrogens is 3. The fraction of sp³-hybridized carbons (Fsp3) is 0.381. The van der Waals surface area contributed by atoms with E-state index < -0.39 is 5.97 Å². The van der Waals surface area contributed by atoms with Gasteiger partial charge in [-0.1, -0.05) is 17.7 Å². The number of rotatable bonds is 4. The monoisotopic (exact) mass is 414 g/mol. The van der Waals surface area contributed by atoms with Crippen LogP contribution in [0.4, 0.5) is 5.69 Å². The molecule has 2 aromatic heterocycles. The normalized spacial score (nSPS) is 16.9. The Morgan fingerprint density at radius 2 is 2.24 bits per heavy atom. The predicted octanol–water partition coefficient (Wildman–Crippen LogP) is 4.52. The Kier molecular flexibility index (Phi) is 5.43. The van der Waals surface area contributed by atoms with Crippen molar-refractivity contribution in [2.24, 2.45) is 0 Å². The van der Waals surface area contributed by atoms with Gasteiger partial charge < -0.3 is 15.2 Å². The second kappa shape index (κ2) is 8.00. The minimum absolute atomic E-state index is 0.0865. The Morgan fingerprint density at radius 1 is 1.41 bits per heavy atom. The van der Waals surface area contributed by atoms with E-state index in [0.29, 0.717) is 5.69 Å². The summed E-state index contributed by atoms with van der Waals surface area (Å²) in [6.07, 6.45) is 4.80. The summed E-state index contributed by atoms with van der Waals surface area (Å²) in [5, 5.41) is 5.65. The quantitative estimate of drug-likeness (QED) is 0.498. The molecule has 3 aromatic rings. The number of nitrogens with zero attached hydrogens (tertiary/aromatic N) is 3. The largest absolute Gasteiger partial charge is 0.462 e. The zero-order valence-electron chi connectivity index (χ0n) is 16.4. The highest BCUT2D eigenvalue weighted by Crippen LogP contribution is 2.38. The average molecular weight is 415 g/mol. The average Bonchev–Trinajstić information content (AvgIpc) is 3.14. The molecule has 0 bridgehead atoms. The number of esters is 1. The fourth-order valence-corrected chi connectivity index (χ4v) is 3.98. The van der Waals surface area contributed by atoms with E-state index in [1.165, 1.54) is 6.07 Å². The highest BCUT2D eigenvalue weighted by atomic mass is 35.5. The van der Waals surface area contributed by atoms with Gasteiger partial charge in [-0.25, -0.2) is 14.5 Å². The van der Waals surface area contributed by atoms with E-state index in [-0.39, 0.29) is 29.2 Å². The van der Waals surface area contributed by atoms with E-state index in [0.717, 1.165) is 47.9 Å². The van der Waals surface area contributed by atoms with Crippen molar-refractivity contribution in [2.45, 2.75) is 39.3 Å². The van der Waals surface area contributed by atoms with E-state index in [2.05, 4.69) is 10.1 Å². The number of benzene rings is 1. The van der Waals surface area contributed by atoms with Crippen molar-refractivity contribution in [3.05, 3.63) is 40.7 Å². The highest BCUT2D eigenvalue weighted by Gasteiger charge is 2.24. The van der Waals surface area contributed by atoms with Crippen LogP contribution in [0.3, 0.4) is 0 Å². The molecule has 29 heavy (non-hydrogen) atoms. The number of nitrogens with two attached hydrogens (primary N) is 1. The van der Waals surface area contributed by atoms with Gasteiger partial charge in [-0.15, -0.1) is 0 Å². The lowest BCUT2D eigenvalue weighted by Crippen LogP contribution is -2.18. The van der Waals surface area contributed by atoms with Crippen molar-refractivity contribution < 1.29 is 14.3 Å². The van der Waals surface area contributed by atoms with E-state index in [4.69, 9.17) is 26.8 Å². The van der Waals surface area contributed by atoms with E-state index in [1.54, 1.807) is 13.1 Å². The molecule has 1 saturated heterocycles. The second-order valence-electron chi connectivity index (χ2n) is 7.08. The molecule has 0 radical (unpaired) electrons. The Balaban J connectivity index is 1.89. The van der Waals surface area contributed by atoms with Crippen molar-refractivity contribution in [3.8, 4) is 11.3 Å². The predicted molar refractivity (Wildman–Crippen MR) is 112 cm³/mol. The van der Waals surface area contributed by atoms with Crippen LogP contribution in [-0.4, -0.2) is 33.9 Å². The minimum Gasteiger partial charge on any atom is -0.462 e. The Bertz CT molecular complexity index is 1070. The highest BCUT2D eigenvalue weighted by molar-refractivity contribution is 6.30. The van der Waals surface area contributed by atoms with Crippen molar-refractivity contribution in [2.75, 3.05) is 18.9 Å². The first kappa shape index (κ1) is 19.7. The van der Waals surface area contributed by atoms with Crippen LogP contribution in [0.5, 0.6) is 0 Å². The number of fused-ring (bicyclic) bond motifs is 1. The van der Waals surface area contributed by atoms with Gasteiger partial charge >= 0.3 is 5.97 Å². The van der Waals surface area contributed by atoms with Gasteiger partial charge in [-0.3, -0.25) is 0 Å². The number of carbonyl (C=O) groups is 1. The molecular weight excluding hydrogens is 392 g/mol. The molecule has 7 nitrogen and oxygen atoms in total. The molecular formula is C21H23ClN4O3. The first-order valence-electron chi connectivity index (χ1n) is 9.73. The molecule has 152 valence electrons.